The Morgan fingerprint density at radius 1 is 0.250 bits per heavy atom. The van der Waals surface area contributed by atoms with E-state index in [-0.39, 0.29) is 0 Å². The number of para-hydroxylation sites is 2. The summed E-state index contributed by atoms with van der Waals surface area (Å²) in [4.78, 5) is 16.2. The van der Waals surface area contributed by atoms with Crippen LogP contribution in [0.5, 0.6) is 0 Å². The van der Waals surface area contributed by atoms with Crippen molar-refractivity contribution < 1.29 is 0 Å². The van der Waals surface area contributed by atoms with E-state index in [1.165, 1.54) is 16.2 Å². The van der Waals surface area contributed by atoms with Crippen molar-refractivity contribution in [3.05, 3.63) is 206 Å². The second-order valence-electron chi connectivity index (χ2n) is 14.2. The zero-order chi connectivity index (χ0) is 37.0. The van der Waals surface area contributed by atoms with Crippen molar-refractivity contribution in [1.82, 2.24) is 9.97 Å². The van der Waals surface area contributed by atoms with E-state index >= 15 is 0 Å². The van der Waals surface area contributed by atoms with Gasteiger partial charge in [-0.2, -0.15) is 0 Å². The van der Waals surface area contributed by atoms with E-state index in [9.17, 15) is 0 Å². The third kappa shape index (κ3) is 5.15. The Kier molecular flexibility index (Phi) is 7.46. The first kappa shape index (κ1) is 31.9. The molecule has 0 saturated carbocycles. The molecule has 0 aliphatic carbocycles. The first-order valence-electron chi connectivity index (χ1n) is 19.0. The van der Waals surface area contributed by atoms with Gasteiger partial charge >= 0.3 is 0 Å². The van der Waals surface area contributed by atoms with Crippen LogP contribution in [-0.4, -0.2) is 9.97 Å². The van der Waals surface area contributed by atoms with E-state index in [1.54, 1.807) is 0 Å². The molecule has 56 heavy (non-hydrogen) atoms. The van der Waals surface area contributed by atoms with Crippen LogP contribution in [0.1, 0.15) is 0 Å². The molecule has 0 aliphatic heterocycles. The van der Waals surface area contributed by atoms with Gasteiger partial charge in [-0.1, -0.05) is 152 Å². The van der Waals surface area contributed by atoms with E-state index in [1.807, 2.05) is 0 Å². The minimum absolute atomic E-state index is 0.814. The van der Waals surface area contributed by atoms with Gasteiger partial charge in [-0.3, -0.25) is 0 Å². The van der Waals surface area contributed by atoms with Crippen molar-refractivity contribution in [2.75, 3.05) is 9.80 Å². The van der Waals surface area contributed by atoms with E-state index in [2.05, 4.69) is 216 Å². The summed E-state index contributed by atoms with van der Waals surface area (Å²) < 4.78 is 0. The molecular formula is C52H34N4. The molecule has 11 aromatic rings. The van der Waals surface area contributed by atoms with Crippen molar-refractivity contribution >= 4 is 99.3 Å². The predicted molar refractivity (Wildman–Crippen MR) is 236 cm³/mol. The van der Waals surface area contributed by atoms with Crippen molar-refractivity contribution in [1.29, 1.82) is 0 Å². The Labute approximate surface area is 324 Å². The number of hydrogen-bond donors (Lipinski definition) is 0. The Morgan fingerprint density at radius 3 is 1.34 bits per heavy atom. The molecule has 1 heterocycles. The number of rotatable bonds is 6. The van der Waals surface area contributed by atoms with Crippen LogP contribution < -0.4 is 9.80 Å². The van der Waals surface area contributed by atoms with Crippen molar-refractivity contribution in [2.45, 2.75) is 0 Å². The lowest BCUT2D eigenvalue weighted by Crippen LogP contribution is -2.14. The molecule has 0 unspecified atom stereocenters. The molecule has 262 valence electrons. The fourth-order valence-corrected chi connectivity index (χ4v) is 8.40. The standard InChI is InChI=1S/C52H34N4/c1-3-20-38(21-4-1)55(40-31-30-35-16-7-8-18-37(35)34-40)47-32-33-48(56(39-22-5-2-6-23-39)46-29-15-19-36-17-9-10-24-41(36)46)52-51(47)53-49-44-27-13-11-25-42(44)43-26-12-14-28-45(43)50(49)54-52/h1-34H. The van der Waals surface area contributed by atoms with Crippen molar-refractivity contribution in [2.24, 2.45) is 0 Å². The van der Waals surface area contributed by atoms with Gasteiger partial charge in [0.1, 0.15) is 11.0 Å². The molecule has 0 amide bonds. The van der Waals surface area contributed by atoms with Gasteiger partial charge in [-0.05, 0) is 81.5 Å². The first-order chi connectivity index (χ1) is 27.8. The molecule has 4 nitrogen and oxygen atoms in total. The van der Waals surface area contributed by atoms with Crippen LogP contribution in [0.15, 0.2) is 206 Å². The number of benzene rings is 10. The molecule has 0 saturated heterocycles. The maximum Gasteiger partial charge on any atom is 0.116 e. The Balaban J connectivity index is 1.30. The average Bonchev–Trinajstić information content (AvgIpc) is 3.27. The van der Waals surface area contributed by atoms with Gasteiger partial charge in [0.15, 0.2) is 0 Å². The van der Waals surface area contributed by atoms with E-state index in [0.717, 1.165) is 83.1 Å². The molecule has 1 aromatic heterocycles. The summed E-state index contributed by atoms with van der Waals surface area (Å²) in [5, 5.41) is 9.19. The van der Waals surface area contributed by atoms with Crippen LogP contribution in [0, 0.1) is 0 Å². The minimum Gasteiger partial charge on any atom is -0.308 e. The van der Waals surface area contributed by atoms with Crippen LogP contribution >= 0.6 is 0 Å². The highest BCUT2D eigenvalue weighted by Crippen LogP contribution is 2.47. The topological polar surface area (TPSA) is 32.3 Å². The first-order valence-corrected chi connectivity index (χ1v) is 19.0. The molecule has 11 rings (SSSR count). The number of fused-ring (bicyclic) bond motifs is 9. The maximum absolute atomic E-state index is 5.76. The second-order valence-corrected chi connectivity index (χ2v) is 14.2. The highest BCUT2D eigenvalue weighted by Gasteiger charge is 2.25. The summed E-state index contributed by atoms with van der Waals surface area (Å²) >= 11 is 0. The molecule has 4 heteroatoms. The van der Waals surface area contributed by atoms with Crippen LogP contribution in [0.25, 0.3) is 65.2 Å². The third-order valence-corrected chi connectivity index (χ3v) is 10.9. The number of anilines is 6. The van der Waals surface area contributed by atoms with Gasteiger partial charge in [-0.25, -0.2) is 9.97 Å². The molecule has 0 aliphatic rings. The van der Waals surface area contributed by atoms with Gasteiger partial charge in [0.25, 0.3) is 0 Å². The Bertz CT molecular complexity index is 3260. The fourth-order valence-electron chi connectivity index (χ4n) is 8.40. The van der Waals surface area contributed by atoms with E-state index in [0.29, 0.717) is 0 Å². The largest absolute Gasteiger partial charge is 0.308 e. The van der Waals surface area contributed by atoms with E-state index < -0.39 is 0 Å². The molecule has 0 N–H and O–H groups in total. The highest BCUT2D eigenvalue weighted by atomic mass is 15.2. The van der Waals surface area contributed by atoms with E-state index in [4.69, 9.17) is 9.97 Å². The van der Waals surface area contributed by atoms with Gasteiger partial charge in [0.2, 0.25) is 0 Å². The summed E-state index contributed by atoms with van der Waals surface area (Å²) in [5.74, 6) is 0. The fraction of sp³-hybridized carbons (Fsp3) is 0. The molecule has 0 radical (unpaired) electrons. The Morgan fingerprint density at radius 2 is 0.714 bits per heavy atom. The monoisotopic (exact) mass is 714 g/mol. The number of aromatic nitrogens is 2. The summed E-state index contributed by atoms with van der Waals surface area (Å²) in [7, 11) is 0. The zero-order valence-corrected chi connectivity index (χ0v) is 30.4. The lowest BCUT2D eigenvalue weighted by Gasteiger charge is -2.30. The van der Waals surface area contributed by atoms with Crippen LogP contribution in [-0.2, 0) is 0 Å². The summed E-state index contributed by atoms with van der Waals surface area (Å²) in [5.41, 5.74) is 9.48. The number of nitrogens with zero attached hydrogens (tertiary/aromatic N) is 4. The summed E-state index contributed by atoms with van der Waals surface area (Å²) in [6, 6.07) is 73.1. The highest BCUT2D eigenvalue weighted by molar-refractivity contribution is 6.24. The lowest BCUT2D eigenvalue weighted by atomic mass is 9.99. The summed E-state index contributed by atoms with van der Waals surface area (Å²) in [6.45, 7) is 0. The van der Waals surface area contributed by atoms with Crippen LogP contribution in [0.2, 0.25) is 0 Å². The van der Waals surface area contributed by atoms with Crippen molar-refractivity contribution in [3.63, 3.8) is 0 Å². The second kappa shape index (κ2) is 13.1. The van der Waals surface area contributed by atoms with Crippen LogP contribution in [0.3, 0.4) is 0 Å². The lowest BCUT2D eigenvalue weighted by molar-refractivity contribution is 1.26. The molecule has 0 spiro atoms. The molecule has 0 bridgehead atoms. The summed E-state index contributed by atoms with van der Waals surface area (Å²) in [6.07, 6.45) is 0. The normalized spacial score (nSPS) is 11.6. The third-order valence-electron chi connectivity index (χ3n) is 10.9. The average molecular weight is 715 g/mol. The predicted octanol–water partition coefficient (Wildman–Crippen LogP) is 14.3. The Hall–Kier alpha value is -7.56. The van der Waals surface area contributed by atoms with Crippen molar-refractivity contribution in [3.8, 4) is 0 Å². The van der Waals surface area contributed by atoms with Gasteiger partial charge < -0.3 is 9.80 Å². The van der Waals surface area contributed by atoms with Crippen LogP contribution in [0.4, 0.5) is 34.1 Å². The SMILES string of the molecule is c1ccc(N(c2ccc3ccccc3c2)c2ccc(N(c3ccccc3)c3cccc4ccccc34)c3nc4c5ccccc5c5ccccc5c4nc23)cc1. The molecule has 0 atom stereocenters. The molecular weight excluding hydrogens is 681 g/mol. The zero-order valence-electron chi connectivity index (χ0n) is 30.4. The van der Waals surface area contributed by atoms with Gasteiger partial charge in [0.05, 0.1) is 28.1 Å². The maximum atomic E-state index is 5.76. The van der Waals surface area contributed by atoms with Gasteiger partial charge in [-0.15, -0.1) is 0 Å². The smallest absolute Gasteiger partial charge is 0.116 e. The minimum atomic E-state index is 0.814. The molecule has 10 aromatic carbocycles. The number of hydrogen-bond acceptors (Lipinski definition) is 4. The van der Waals surface area contributed by atoms with Gasteiger partial charge in [0, 0.05) is 33.2 Å². The molecule has 0 fully saturated rings. The quantitative estimate of drug-likeness (QED) is 0.127.